The fraction of sp³-hybridized carbons (Fsp3) is 0.615. The van der Waals surface area contributed by atoms with E-state index in [0.29, 0.717) is 18.2 Å². The summed E-state index contributed by atoms with van der Waals surface area (Å²) in [5.41, 5.74) is 0. The van der Waals surface area contributed by atoms with Crippen molar-refractivity contribution in [1.29, 1.82) is 0 Å². The number of aromatic nitrogens is 2. The molecule has 0 spiro atoms. The van der Waals surface area contributed by atoms with Crippen LogP contribution in [0.25, 0.3) is 0 Å². The maximum atomic E-state index is 11.7. The molecule has 0 N–H and O–H groups in total. The minimum absolute atomic E-state index is 0.00318. The summed E-state index contributed by atoms with van der Waals surface area (Å²) in [5.74, 6) is 0. The Labute approximate surface area is 123 Å². The van der Waals surface area contributed by atoms with E-state index in [1.54, 1.807) is 17.2 Å². The zero-order valence-corrected chi connectivity index (χ0v) is 12.3. The summed E-state index contributed by atoms with van der Waals surface area (Å²) >= 11 is 5.78. The Morgan fingerprint density at radius 2 is 2.15 bits per heavy atom. The lowest BCUT2D eigenvalue weighted by molar-refractivity contribution is 0.0496. The SMILES string of the molecule is CC(C)OC(=O)N1CCC(Oc2nccc(Cl)n2)CC1. The number of hydrogen-bond acceptors (Lipinski definition) is 5. The van der Waals surface area contributed by atoms with Gasteiger partial charge in [0.25, 0.3) is 0 Å². The van der Waals surface area contributed by atoms with Gasteiger partial charge in [0.15, 0.2) is 0 Å². The Hall–Kier alpha value is -1.56. The summed E-state index contributed by atoms with van der Waals surface area (Å²) < 4.78 is 10.8. The van der Waals surface area contributed by atoms with Crippen molar-refractivity contribution in [3.8, 4) is 6.01 Å². The summed E-state index contributed by atoms with van der Waals surface area (Å²) in [6.45, 7) is 4.89. The van der Waals surface area contributed by atoms with Gasteiger partial charge in [0, 0.05) is 32.1 Å². The Morgan fingerprint density at radius 1 is 1.45 bits per heavy atom. The fourth-order valence-corrected chi connectivity index (χ4v) is 2.09. The average molecular weight is 300 g/mol. The van der Waals surface area contributed by atoms with Crippen LogP contribution in [0.4, 0.5) is 4.79 Å². The second kappa shape index (κ2) is 6.74. The van der Waals surface area contributed by atoms with E-state index in [0.717, 1.165) is 12.8 Å². The van der Waals surface area contributed by atoms with E-state index < -0.39 is 0 Å². The van der Waals surface area contributed by atoms with Gasteiger partial charge in [0.1, 0.15) is 11.3 Å². The van der Waals surface area contributed by atoms with Crippen molar-refractivity contribution in [1.82, 2.24) is 14.9 Å². The molecule has 6 nitrogen and oxygen atoms in total. The second-order valence-electron chi connectivity index (χ2n) is 4.90. The monoisotopic (exact) mass is 299 g/mol. The van der Waals surface area contributed by atoms with Crippen molar-refractivity contribution >= 4 is 17.7 Å². The van der Waals surface area contributed by atoms with Crippen molar-refractivity contribution in [2.45, 2.75) is 38.9 Å². The van der Waals surface area contributed by atoms with Crippen LogP contribution in [0.15, 0.2) is 12.3 Å². The first kappa shape index (κ1) is 14.8. The van der Waals surface area contributed by atoms with Gasteiger partial charge in [0.05, 0.1) is 6.10 Å². The van der Waals surface area contributed by atoms with Crippen LogP contribution in [-0.2, 0) is 4.74 Å². The third-order valence-corrected chi connectivity index (χ3v) is 3.12. The molecule has 7 heteroatoms. The van der Waals surface area contributed by atoms with E-state index in [4.69, 9.17) is 21.1 Å². The first-order chi connectivity index (χ1) is 9.54. The van der Waals surface area contributed by atoms with E-state index in [-0.39, 0.29) is 24.3 Å². The maximum Gasteiger partial charge on any atom is 0.410 e. The molecule has 110 valence electrons. The molecular formula is C13H18ClN3O3. The lowest BCUT2D eigenvalue weighted by Crippen LogP contribution is -2.42. The molecule has 0 radical (unpaired) electrons. The minimum Gasteiger partial charge on any atom is -0.460 e. The first-order valence-electron chi connectivity index (χ1n) is 6.65. The zero-order valence-electron chi connectivity index (χ0n) is 11.6. The highest BCUT2D eigenvalue weighted by molar-refractivity contribution is 6.29. The van der Waals surface area contributed by atoms with Crippen molar-refractivity contribution in [3.05, 3.63) is 17.4 Å². The number of amides is 1. The molecule has 2 heterocycles. The van der Waals surface area contributed by atoms with Crippen LogP contribution in [0.2, 0.25) is 5.15 Å². The normalized spacial score (nSPS) is 16.3. The molecule has 0 saturated carbocycles. The van der Waals surface area contributed by atoms with E-state index in [1.165, 1.54) is 0 Å². The standard InChI is InChI=1S/C13H18ClN3O3/c1-9(2)19-13(18)17-7-4-10(5-8-17)20-12-15-6-3-11(14)16-12/h3,6,9-10H,4-5,7-8H2,1-2H3. The van der Waals surface area contributed by atoms with Crippen LogP contribution in [0.1, 0.15) is 26.7 Å². The van der Waals surface area contributed by atoms with E-state index in [9.17, 15) is 4.79 Å². The zero-order chi connectivity index (χ0) is 14.5. The molecule has 20 heavy (non-hydrogen) atoms. The van der Waals surface area contributed by atoms with Crippen molar-refractivity contribution in [3.63, 3.8) is 0 Å². The Balaban J connectivity index is 1.81. The van der Waals surface area contributed by atoms with Crippen LogP contribution in [0, 0.1) is 0 Å². The molecule has 0 aromatic carbocycles. The molecule has 0 aliphatic carbocycles. The van der Waals surface area contributed by atoms with Gasteiger partial charge < -0.3 is 14.4 Å². The van der Waals surface area contributed by atoms with Gasteiger partial charge in [-0.1, -0.05) is 11.6 Å². The Morgan fingerprint density at radius 3 is 2.75 bits per heavy atom. The summed E-state index contributed by atoms with van der Waals surface area (Å²) in [6.07, 6.45) is 2.64. The average Bonchev–Trinajstić information content (AvgIpc) is 2.38. The molecule has 1 aliphatic rings. The highest BCUT2D eigenvalue weighted by Gasteiger charge is 2.25. The molecule has 0 unspecified atom stereocenters. The van der Waals surface area contributed by atoms with Crippen molar-refractivity contribution in [2.75, 3.05) is 13.1 Å². The van der Waals surface area contributed by atoms with Crippen LogP contribution >= 0.6 is 11.6 Å². The molecular weight excluding hydrogens is 282 g/mol. The number of hydrogen-bond donors (Lipinski definition) is 0. The third-order valence-electron chi connectivity index (χ3n) is 2.91. The van der Waals surface area contributed by atoms with Crippen molar-refractivity contribution in [2.24, 2.45) is 0 Å². The highest BCUT2D eigenvalue weighted by atomic mass is 35.5. The number of carbonyl (C=O) groups is 1. The number of ether oxygens (including phenoxy) is 2. The van der Waals surface area contributed by atoms with Gasteiger partial charge >= 0.3 is 12.1 Å². The van der Waals surface area contributed by atoms with Gasteiger partial charge in [-0.2, -0.15) is 4.98 Å². The molecule has 2 rings (SSSR count). The predicted octanol–water partition coefficient (Wildman–Crippen LogP) is 2.52. The van der Waals surface area contributed by atoms with E-state index in [1.807, 2.05) is 13.8 Å². The van der Waals surface area contributed by atoms with Gasteiger partial charge in [-0.25, -0.2) is 9.78 Å². The topological polar surface area (TPSA) is 64.5 Å². The van der Waals surface area contributed by atoms with E-state index in [2.05, 4.69) is 9.97 Å². The number of halogens is 1. The number of carbonyl (C=O) groups excluding carboxylic acids is 1. The smallest absolute Gasteiger partial charge is 0.410 e. The highest BCUT2D eigenvalue weighted by Crippen LogP contribution is 2.17. The van der Waals surface area contributed by atoms with Crippen LogP contribution in [0.3, 0.4) is 0 Å². The Bertz CT molecular complexity index is 462. The second-order valence-corrected chi connectivity index (χ2v) is 5.29. The molecule has 1 saturated heterocycles. The van der Waals surface area contributed by atoms with Gasteiger partial charge in [0.2, 0.25) is 0 Å². The number of nitrogens with zero attached hydrogens (tertiary/aromatic N) is 3. The Kier molecular flexibility index (Phi) is 5.00. The fourth-order valence-electron chi connectivity index (χ4n) is 1.96. The lowest BCUT2D eigenvalue weighted by Gasteiger charge is -2.31. The lowest BCUT2D eigenvalue weighted by atomic mass is 10.1. The maximum absolute atomic E-state index is 11.7. The molecule has 1 aliphatic heterocycles. The molecule has 0 bridgehead atoms. The summed E-state index contributed by atoms with van der Waals surface area (Å²) in [7, 11) is 0. The number of rotatable bonds is 3. The summed E-state index contributed by atoms with van der Waals surface area (Å²) in [4.78, 5) is 21.4. The quantitative estimate of drug-likeness (QED) is 0.802. The van der Waals surface area contributed by atoms with Crippen LogP contribution < -0.4 is 4.74 Å². The van der Waals surface area contributed by atoms with Crippen LogP contribution in [0.5, 0.6) is 6.01 Å². The molecule has 0 atom stereocenters. The van der Waals surface area contributed by atoms with Gasteiger partial charge in [-0.15, -0.1) is 0 Å². The number of likely N-dealkylation sites (tertiary alicyclic amines) is 1. The molecule has 1 aromatic rings. The van der Waals surface area contributed by atoms with E-state index >= 15 is 0 Å². The van der Waals surface area contributed by atoms with Gasteiger partial charge in [-0.3, -0.25) is 0 Å². The van der Waals surface area contributed by atoms with Gasteiger partial charge in [-0.05, 0) is 19.9 Å². The summed E-state index contributed by atoms with van der Waals surface area (Å²) in [6, 6.07) is 1.87. The molecule has 1 fully saturated rings. The summed E-state index contributed by atoms with van der Waals surface area (Å²) in [5, 5.41) is 0.355. The van der Waals surface area contributed by atoms with Crippen LogP contribution in [-0.4, -0.2) is 46.3 Å². The molecule has 1 aromatic heterocycles. The largest absolute Gasteiger partial charge is 0.460 e. The molecule has 1 amide bonds. The minimum atomic E-state index is -0.266. The third kappa shape index (κ3) is 4.23. The predicted molar refractivity (Wildman–Crippen MR) is 73.9 cm³/mol. The first-order valence-corrected chi connectivity index (χ1v) is 7.03. The number of piperidine rings is 1. The van der Waals surface area contributed by atoms with Crippen molar-refractivity contribution < 1.29 is 14.3 Å².